The lowest BCUT2D eigenvalue weighted by Crippen LogP contribution is -2.41. The Bertz CT molecular complexity index is 281. The summed E-state index contributed by atoms with van der Waals surface area (Å²) in [5.74, 6) is 1.02. The van der Waals surface area contributed by atoms with E-state index in [-0.39, 0.29) is 12.0 Å². The summed E-state index contributed by atoms with van der Waals surface area (Å²) in [4.78, 5) is 14.6. The molecule has 0 aromatic rings. The topological polar surface area (TPSA) is 20.3 Å². The van der Waals surface area contributed by atoms with E-state index in [1.165, 1.54) is 0 Å². The molecule has 0 aliphatic carbocycles. The predicted octanol–water partition coefficient (Wildman–Crippen LogP) is 4.04. The zero-order valence-corrected chi connectivity index (χ0v) is 12.6. The number of likely N-dealkylation sites (N-methyl/N-ethyl adjacent to an activating group) is 1. The van der Waals surface area contributed by atoms with E-state index in [4.69, 9.17) is 0 Å². The molecule has 0 N–H and O–H groups in total. The average molecular weight is 251 g/mol. The third-order valence-electron chi connectivity index (χ3n) is 3.30. The smallest absolute Gasteiger partial charge is 0.157 e. The molecular weight excluding hydrogens is 222 g/mol. The fourth-order valence-corrected chi connectivity index (χ4v) is 1.99. The molecule has 2 nitrogen and oxygen atoms in total. The lowest BCUT2D eigenvalue weighted by molar-refractivity contribution is -0.127. The largest absolute Gasteiger partial charge is 0.368 e. The maximum absolute atomic E-state index is 12.5. The molecule has 0 saturated heterocycles. The number of nitrogens with zero attached hydrogens (tertiary/aromatic N) is 1. The summed E-state index contributed by atoms with van der Waals surface area (Å²) < 4.78 is 0. The maximum Gasteiger partial charge on any atom is 0.157 e. The normalized spacial score (nSPS) is 14.8. The van der Waals surface area contributed by atoms with Crippen LogP contribution < -0.4 is 0 Å². The van der Waals surface area contributed by atoms with Crippen LogP contribution in [0.3, 0.4) is 0 Å². The van der Waals surface area contributed by atoms with E-state index >= 15 is 0 Å². The van der Waals surface area contributed by atoms with Gasteiger partial charge < -0.3 is 4.90 Å². The molecule has 0 amide bonds. The highest BCUT2D eigenvalue weighted by Crippen LogP contribution is 2.18. The summed E-state index contributed by atoms with van der Waals surface area (Å²) >= 11 is 0. The van der Waals surface area contributed by atoms with Crippen molar-refractivity contribution in [3.05, 3.63) is 24.9 Å². The maximum atomic E-state index is 12.5. The Balaban J connectivity index is 4.99. The van der Waals surface area contributed by atoms with E-state index < -0.39 is 0 Å². The van der Waals surface area contributed by atoms with Gasteiger partial charge in [-0.15, -0.1) is 0 Å². The van der Waals surface area contributed by atoms with Crippen molar-refractivity contribution in [2.45, 2.75) is 53.5 Å². The predicted molar refractivity (Wildman–Crippen MR) is 79.4 cm³/mol. The lowest BCUT2D eigenvalue weighted by atomic mass is 9.91. The molecule has 2 unspecified atom stereocenters. The van der Waals surface area contributed by atoms with Crippen LogP contribution in [0.15, 0.2) is 24.9 Å². The van der Waals surface area contributed by atoms with Crippen molar-refractivity contribution in [1.82, 2.24) is 4.90 Å². The van der Waals surface area contributed by atoms with Crippen LogP contribution in [-0.4, -0.2) is 23.3 Å². The minimum absolute atomic E-state index is 0.00106. The molecule has 0 spiro atoms. The summed E-state index contributed by atoms with van der Waals surface area (Å²) in [7, 11) is 0. The molecule has 0 aromatic heterocycles. The Hall–Kier alpha value is -1.05. The van der Waals surface area contributed by atoms with Gasteiger partial charge in [0.15, 0.2) is 5.78 Å². The van der Waals surface area contributed by atoms with Gasteiger partial charge in [0.1, 0.15) is 0 Å². The van der Waals surface area contributed by atoms with E-state index in [1.807, 2.05) is 19.2 Å². The van der Waals surface area contributed by atoms with Gasteiger partial charge in [-0.25, -0.2) is 0 Å². The van der Waals surface area contributed by atoms with Crippen LogP contribution in [0.1, 0.15) is 47.5 Å². The van der Waals surface area contributed by atoms with Gasteiger partial charge in [0.05, 0.1) is 6.04 Å². The van der Waals surface area contributed by atoms with Crippen LogP contribution in [0.5, 0.6) is 0 Å². The Morgan fingerprint density at radius 2 is 1.89 bits per heavy atom. The van der Waals surface area contributed by atoms with Crippen molar-refractivity contribution in [1.29, 1.82) is 0 Å². The first-order valence-electron chi connectivity index (χ1n) is 7.06. The molecule has 0 radical (unpaired) electrons. The first-order valence-corrected chi connectivity index (χ1v) is 7.06. The fourth-order valence-electron chi connectivity index (χ4n) is 1.99. The van der Waals surface area contributed by atoms with Gasteiger partial charge in [0, 0.05) is 12.5 Å². The number of Topliss-reactive ketones (excluding diaryl/α,β-unsaturated/α-hetero) is 1. The summed E-state index contributed by atoms with van der Waals surface area (Å²) in [5, 5.41) is 0. The van der Waals surface area contributed by atoms with Gasteiger partial charge in [-0.3, -0.25) is 4.79 Å². The zero-order chi connectivity index (χ0) is 14.1. The molecule has 0 aliphatic rings. The van der Waals surface area contributed by atoms with Crippen molar-refractivity contribution in [3.8, 4) is 0 Å². The molecule has 0 heterocycles. The molecule has 0 fully saturated rings. The Labute approximate surface area is 113 Å². The van der Waals surface area contributed by atoms with E-state index in [2.05, 4.69) is 39.2 Å². The molecule has 2 atom stereocenters. The van der Waals surface area contributed by atoms with E-state index in [1.54, 1.807) is 6.08 Å². The molecule has 0 bridgehead atoms. The third kappa shape index (κ3) is 5.52. The van der Waals surface area contributed by atoms with Gasteiger partial charge in [0.2, 0.25) is 0 Å². The Morgan fingerprint density at radius 3 is 2.28 bits per heavy atom. The Morgan fingerprint density at radius 1 is 1.28 bits per heavy atom. The summed E-state index contributed by atoms with van der Waals surface area (Å²) in [6.07, 6.45) is 7.47. The van der Waals surface area contributed by atoms with Crippen molar-refractivity contribution in [3.63, 3.8) is 0 Å². The summed E-state index contributed by atoms with van der Waals surface area (Å²) in [6.45, 7) is 15.1. The number of ketones is 1. The molecule has 0 aromatic carbocycles. The van der Waals surface area contributed by atoms with Crippen LogP contribution in [0.2, 0.25) is 0 Å². The molecule has 2 heteroatoms. The minimum atomic E-state index is 0.00106. The third-order valence-corrected chi connectivity index (χ3v) is 3.30. The lowest BCUT2D eigenvalue weighted by Gasteiger charge is -2.31. The second-order valence-electron chi connectivity index (χ2n) is 5.26. The Kier molecular flexibility index (Phi) is 8.43. The second-order valence-corrected chi connectivity index (χ2v) is 5.26. The SMILES string of the molecule is C=C/C=C\N(CC)C(CC(C)C)C(=O)C(C)CC. The molecule has 0 saturated carbocycles. The van der Waals surface area contributed by atoms with Gasteiger partial charge in [-0.05, 0) is 38.0 Å². The summed E-state index contributed by atoms with van der Waals surface area (Å²) in [6, 6.07) is 0.00106. The molecule has 104 valence electrons. The summed E-state index contributed by atoms with van der Waals surface area (Å²) in [5.41, 5.74) is 0. The quantitative estimate of drug-likeness (QED) is 0.576. The van der Waals surface area contributed by atoms with Crippen LogP contribution in [0, 0.1) is 11.8 Å². The van der Waals surface area contributed by atoms with Gasteiger partial charge in [0.25, 0.3) is 0 Å². The zero-order valence-electron chi connectivity index (χ0n) is 12.6. The highest BCUT2D eigenvalue weighted by molar-refractivity contribution is 5.86. The second kappa shape index (κ2) is 8.96. The first kappa shape index (κ1) is 16.9. The fraction of sp³-hybridized carbons (Fsp3) is 0.688. The van der Waals surface area contributed by atoms with Crippen LogP contribution in [0.25, 0.3) is 0 Å². The van der Waals surface area contributed by atoms with Crippen molar-refractivity contribution in [2.75, 3.05) is 6.54 Å². The van der Waals surface area contributed by atoms with Gasteiger partial charge in [-0.1, -0.05) is 40.3 Å². The number of hydrogen-bond donors (Lipinski definition) is 0. The van der Waals surface area contributed by atoms with E-state index in [0.29, 0.717) is 11.7 Å². The van der Waals surface area contributed by atoms with Crippen molar-refractivity contribution < 1.29 is 4.79 Å². The minimum Gasteiger partial charge on any atom is -0.368 e. The van der Waals surface area contributed by atoms with Gasteiger partial charge in [-0.2, -0.15) is 0 Å². The number of hydrogen-bond acceptors (Lipinski definition) is 2. The number of carbonyl (C=O) groups is 1. The van der Waals surface area contributed by atoms with E-state index in [9.17, 15) is 4.79 Å². The van der Waals surface area contributed by atoms with Gasteiger partial charge >= 0.3 is 0 Å². The van der Waals surface area contributed by atoms with E-state index in [0.717, 1.165) is 19.4 Å². The van der Waals surface area contributed by atoms with Crippen LogP contribution in [0.4, 0.5) is 0 Å². The standard InChI is InChI=1S/C16H29NO/c1-7-10-11-17(9-3)15(12-13(4)5)16(18)14(6)8-2/h7,10-11,13-15H,1,8-9,12H2,2-6H3/b11-10-. The van der Waals surface area contributed by atoms with Crippen LogP contribution in [-0.2, 0) is 4.79 Å². The highest BCUT2D eigenvalue weighted by atomic mass is 16.1. The van der Waals surface area contributed by atoms with Crippen molar-refractivity contribution >= 4 is 5.78 Å². The molecule has 18 heavy (non-hydrogen) atoms. The number of allylic oxidation sites excluding steroid dienone is 2. The first-order chi connectivity index (χ1) is 8.47. The number of carbonyl (C=O) groups excluding carboxylic acids is 1. The average Bonchev–Trinajstić information content (AvgIpc) is 2.35. The molecular formula is C16H29NO. The molecule has 0 aliphatic heterocycles. The highest BCUT2D eigenvalue weighted by Gasteiger charge is 2.26. The molecule has 0 rings (SSSR count). The van der Waals surface area contributed by atoms with Crippen molar-refractivity contribution in [2.24, 2.45) is 11.8 Å². The number of rotatable bonds is 9. The monoisotopic (exact) mass is 251 g/mol. The van der Waals surface area contributed by atoms with Crippen LogP contribution >= 0.6 is 0 Å².